The van der Waals surface area contributed by atoms with Crippen molar-refractivity contribution in [1.29, 1.82) is 0 Å². The summed E-state index contributed by atoms with van der Waals surface area (Å²) in [5.74, 6) is 9.78. The van der Waals surface area contributed by atoms with Crippen molar-refractivity contribution in [1.82, 2.24) is 21.3 Å². The van der Waals surface area contributed by atoms with E-state index in [1.165, 1.54) is 201 Å². The van der Waals surface area contributed by atoms with Gasteiger partial charge in [-0.05, 0) is 190 Å². The summed E-state index contributed by atoms with van der Waals surface area (Å²) in [6, 6.07) is 31.8. The first-order chi connectivity index (χ1) is 64.3. The van der Waals surface area contributed by atoms with Crippen LogP contribution in [0.4, 0.5) is 70.2 Å². The number of ketones is 4. The van der Waals surface area contributed by atoms with Gasteiger partial charge >= 0.3 is 24.7 Å². The van der Waals surface area contributed by atoms with Crippen LogP contribution in [-0.4, -0.2) is 153 Å². The third-order valence-corrected chi connectivity index (χ3v) is 26.7. The second kappa shape index (κ2) is 53.0. The highest BCUT2D eigenvalue weighted by Gasteiger charge is 2.50. The van der Waals surface area contributed by atoms with Crippen LogP contribution in [0.25, 0.3) is 44.5 Å². The van der Waals surface area contributed by atoms with E-state index >= 15 is 0 Å². The fourth-order valence-corrected chi connectivity index (χ4v) is 17.2. The van der Waals surface area contributed by atoms with Gasteiger partial charge in [0, 0.05) is 101 Å². The fraction of sp³-hybridized carbons (Fsp3) is 0.444. The Hall–Kier alpha value is -10.8. The fourth-order valence-electron chi connectivity index (χ4n) is 14.7. The zero-order valence-corrected chi connectivity index (χ0v) is 82.7. The molecule has 0 spiro atoms. The van der Waals surface area contributed by atoms with Crippen molar-refractivity contribution in [2.24, 2.45) is 11.3 Å². The molecule has 790 valence electrons. The Morgan fingerprint density at radius 3 is 0.708 bits per heavy atom. The van der Waals surface area contributed by atoms with Crippen LogP contribution in [0.15, 0.2) is 214 Å². The predicted octanol–water partition coefficient (Wildman–Crippen LogP) is 25.3. The highest BCUT2D eigenvalue weighted by atomic mass is 32.2. The van der Waals surface area contributed by atoms with E-state index in [9.17, 15) is 123 Å². The van der Waals surface area contributed by atoms with Crippen LogP contribution in [0.3, 0.4) is 0 Å². The minimum atomic E-state index is -4.75. The number of hydrogen-bond acceptors (Lipinski definition) is 16. The number of Topliss-reactive ketones (excluding diaryl/α,β-unsaturated/α-hetero) is 4. The molecule has 36 heteroatoms. The highest BCUT2D eigenvalue weighted by Crippen LogP contribution is 2.49. The smallest absolute Gasteiger partial charge is 0.298 e. The van der Waals surface area contributed by atoms with E-state index in [-0.39, 0.29) is 110 Å². The molecule has 1 saturated carbocycles. The molecule has 8 aromatic rings. The molecule has 1 fully saturated rings. The molecule has 0 heterocycles. The molecule has 4 N–H and O–H groups in total. The summed E-state index contributed by atoms with van der Waals surface area (Å²) >= 11 is 0. The van der Waals surface area contributed by atoms with Gasteiger partial charge in [0.1, 0.15) is 46.8 Å². The van der Waals surface area contributed by atoms with Crippen molar-refractivity contribution in [3.63, 3.8) is 0 Å². The Balaban J connectivity index is 0.000000643. The Kier molecular flexibility index (Phi) is 47.6. The number of nitrogens with one attached hydrogen (secondary N) is 4. The van der Waals surface area contributed by atoms with Gasteiger partial charge < -0.3 is 0 Å². The first-order valence-corrected chi connectivity index (χ1v) is 51.4. The van der Waals surface area contributed by atoms with Crippen molar-refractivity contribution >= 4 is 62.5 Å². The van der Waals surface area contributed by atoms with E-state index in [0.29, 0.717) is 57.3 Å². The maximum atomic E-state index is 14.5. The zero-order chi connectivity index (χ0) is 106. The SMILES string of the molecule is C.C.C.C.C#CC(C)CC(=O)[C@H](CC(C)(C)F)N[C@@H](c1ccc(-c2ccc(S(C)(=O)=O)cc2)cc1)C(F)(F)F.C#CC1(CC(=O)[C@H](CC(C)(C)F)N[C@@H](c2ccc(-c3ccc(S(C)(=O)=O)cc3)cc2)C(F)(F)F)CC1.C#CCCC(=O)[C@H](CC(C)(C)F)N[C@@H](c1ccc(-c2ccc(S(C)(=O)=O)cc2)cc1)C(F)(F)F.CC#CCCC(=O)[C@H](CC(C)(C)F)N[C@@H](c1ccc(-c2ccc(S(C)(=O)=O)cc2)cc1)C(F)(F)F. The highest BCUT2D eigenvalue weighted by molar-refractivity contribution is 7.91. The standard InChI is InChI=1S/C27H29F4NO3S.2C26H29F4NO3S.C25H27F4NO3S.4CH4/c1-5-26(14-15-26)17-23(33)22(16-25(2,3)28)32-24(27(29,30)31)20-8-6-18(7-9-20)19-10-12-21(13-11-19)36(4,34)35;1-6-17(2)15-23(32)22(16-25(3,4)27)31-24(26(28,29)30)20-9-7-18(8-10-20)19-11-13-21(14-12-19)35(5,33)34;1-5-6-7-8-23(32)22(17-25(2,3)27)31-24(26(28,29)30)20-11-9-18(10-12-20)19-13-15-21(16-14-19)35(4,33)34;1-5-6-7-22(31)21(16-24(2,3)26)30-23(25(27,28)29)19-10-8-17(9-11-19)18-12-14-20(15-13-18)34(4,32)33;;;;/h1,6-13,22,24,32H,14-17H2,2-4H3;1,7-14,17,22,24,31H,15-16H2,2-5H3;9-16,22,24,31H,7-8,17H2,1-4H3;1,8-15,21,23,30H,6-7,16H2,2-4H3;4*1H4/t22-,24-;17?,22-,24-;22-,24-;21-,23-;;;;/m0000..../s1. The second-order valence-electron chi connectivity index (χ2n) is 37.0. The van der Waals surface area contributed by atoms with Crippen LogP contribution in [0.1, 0.15) is 222 Å². The number of carbonyl (C=O) groups excluding carboxylic acids is 4. The molecule has 9 rings (SSSR count). The Morgan fingerprint density at radius 2 is 0.535 bits per heavy atom. The molecule has 0 amide bonds. The third-order valence-electron chi connectivity index (χ3n) is 22.2. The van der Waals surface area contributed by atoms with Crippen molar-refractivity contribution in [2.45, 2.75) is 291 Å². The summed E-state index contributed by atoms with van der Waals surface area (Å²) in [6.07, 6.45) is 0.532. The van der Waals surface area contributed by atoms with Gasteiger partial charge in [-0.2, -0.15) is 52.7 Å². The van der Waals surface area contributed by atoms with Gasteiger partial charge in [0.15, 0.2) is 62.5 Å². The molecule has 1 unspecified atom stereocenters. The predicted molar refractivity (Wildman–Crippen MR) is 537 cm³/mol. The van der Waals surface area contributed by atoms with E-state index in [0.717, 1.165) is 25.0 Å². The largest absolute Gasteiger partial charge is 0.407 e. The van der Waals surface area contributed by atoms with Gasteiger partial charge in [-0.1, -0.05) is 188 Å². The number of carbonyl (C=O) groups is 4. The Morgan fingerprint density at radius 1 is 0.333 bits per heavy atom. The van der Waals surface area contributed by atoms with Gasteiger partial charge in [-0.25, -0.2) is 51.2 Å². The van der Waals surface area contributed by atoms with E-state index in [1.807, 2.05) is 0 Å². The number of alkyl halides is 16. The lowest BCUT2D eigenvalue weighted by Crippen LogP contribution is -2.47. The molecule has 0 aromatic heterocycles. The molecular formula is C108H130F16N4O12S4. The normalized spacial score (nSPS) is 14.8. The lowest BCUT2D eigenvalue weighted by molar-refractivity contribution is -0.162. The van der Waals surface area contributed by atoms with Gasteiger partial charge in [-0.3, -0.25) is 40.4 Å². The first-order valence-electron chi connectivity index (χ1n) is 43.8. The van der Waals surface area contributed by atoms with Crippen LogP contribution < -0.4 is 21.3 Å². The monoisotopic (exact) mass is 2110 g/mol. The number of benzene rings is 8. The van der Waals surface area contributed by atoms with Gasteiger partial charge in [0.25, 0.3) is 0 Å². The summed E-state index contributed by atoms with van der Waals surface area (Å²) in [6.45, 7) is 12.8. The lowest BCUT2D eigenvalue weighted by atomic mass is 9.90. The third kappa shape index (κ3) is 42.3. The summed E-state index contributed by atoms with van der Waals surface area (Å²) in [5.41, 5.74) is -3.85. The molecule has 1 aliphatic carbocycles. The summed E-state index contributed by atoms with van der Waals surface area (Å²) < 4.78 is 319. The van der Waals surface area contributed by atoms with E-state index < -0.39 is 195 Å². The number of halogens is 16. The Labute approximate surface area is 839 Å². The topological polar surface area (TPSA) is 253 Å². The number of hydrogen-bond donors (Lipinski definition) is 4. The van der Waals surface area contributed by atoms with Crippen molar-refractivity contribution < 1.29 is 123 Å². The maximum Gasteiger partial charge on any atom is 0.407 e. The summed E-state index contributed by atoms with van der Waals surface area (Å²) in [5, 5.41) is 9.36. The van der Waals surface area contributed by atoms with Crippen LogP contribution in [0.5, 0.6) is 0 Å². The zero-order valence-electron chi connectivity index (χ0n) is 79.5. The summed E-state index contributed by atoms with van der Waals surface area (Å²) in [7, 11) is -13.5. The molecular weight excluding hydrogens is 1980 g/mol. The van der Waals surface area contributed by atoms with Crippen molar-refractivity contribution in [2.75, 3.05) is 25.0 Å². The van der Waals surface area contributed by atoms with Crippen LogP contribution in [0.2, 0.25) is 0 Å². The molecule has 0 aliphatic heterocycles. The number of terminal acetylenes is 3. The minimum absolute atomic E-state index is 0. The number of sulfone groups is 4. The first kappa shape index (κ1) is 129. The molecule has 0 bridgehead atoms. The minimum Gasteiger partial charge on any atom is -0.298 e. The average molecular weight is 2110 g/mol. The molecule has 1 aliphatic rings. The molecule has 0 saturated heterocycles. The number of rotatable bonds is 40. The van der Waals surface area contributed by atoms with Gasteiger partial charge in [0.2, 0.25) is 0 Å². The van der Waals surface area contributed by atoms with Gasteiger partial charge in [0.05, 0.1) is 43.7 Å². The molecule has 9 atom stereocenters. The lowest BCUT2D eigenvalue weighted by Gasteiger charge is -2.30. The van der Waals surface area contributed by atoms with Crippen LogP contribution >= 0.6 is 0 Å². The van der Waals surface area contributed by atoms with E-state index in [4.69, 9.17) is 19.3 Å². The molecule has 0 radical (unpaired) electrons. The van der Waals surface area contributed by atoms with E-state index in [2.05, 4.69) is 50.9 Å². The maximum absolute atomic E-state index is 14.5. The average Bonchev–Trinajstić information content (AvgIpc) is 1.60. The van der Waals surface area contributed by atoms with E-state index in [1.54, 1.807) is 62.4 Å². The van der Waals surface area contributed by atoms with Crippen LogP contribution in [-0.2, 0) is 58.5 Å². The van der Waals surface area contributed by atoms with Gasteiger partial charge in [-0.15, -0.1) is 43.0 Å². The van der Waals surface area contributed by atoms with Crippen molar-refractivity contribution in [3.8, 4) is 93.4 Å². The second-order valence-corrected chi connectivity index (χ2v) is 45.1. The quantitative estimate of drug-likeness (QED) is 0.0206. The van der Waals surface area contributed by atoms with Crippen molar-refractivity contribution in [3.05, 3.63) is 216 Å². The molecule has 144 heavy (non-hydrogen) atoms. The van der Waals surface area contributed by atoms with Crippen LogP contribution in [0, 0.1) is 60.2 Å². The molecule has 8 aromatic carbocycles. The molecule has 16 nitrogen and oxygen atoms in total. The summed E-state index contributed by atoms with van der Waals surface area (Å²) in [4.78, 5) is 51.2. The Bertz CT molecular complexity index is 6220.